The summed E-state index contributed by atoms with van der Waals surface area (Å²) in [5.74, 6) is -1.37. The number of nitrogens with one attached hydrogen (secondary N) is 2. The van der Waals surface area contributed by atoms with Gasteiger partial charge in [-0.05, 0) is 30.5 Å². The Balaban J connectivity index is 2.10. The number of amides is 1. The number of carboxylic acid groups (broad SMARTS) is 1. The molecular formula is C15H18N4O3. The van der Waals surface area contributed by atoms with Crippen molar-refractivity contribution < 1.29 is 14.7 Å². The van der Waals surface area contributed by atoms with E-state index in [0.717, 1.165) is 5.56 Å². The van der Waals surface area contributed by atoms with Crippen molar-refractivity contribution in [2.75, 3.05) is 0 Å². The lowest BCUT2D eigenvalue weighted by atomic mass is 10.0. The Labute approximate surface area is 127 Å². The van der Waals surface area contributed by atoms with E-state index in [1.165, 1.54) is 0 Å². The molecule has 0 saturated carbocycles. The van der Waals surface area contributed by atoms with Crippen molar-refractivity contribution >= 4 is 11.9 Å². The molecule has 0 bridgehead atoms. The molecule has 7 heteroatoms. The summed E-state index contributed by atoms with van der Waals surface area (Å²) in [6.45, 7) is 3.81. The molecule has 0 radical (unpaired) electrons. The highest BCUT2D eigenvalue weighted by Crippen LogP contribution is 2.16. The molecule has 2 aromatic rings. The van der Waals surface area contributed by atoms with Crippen molar-refractivity contribution in [1.82, 2.24) is 20.5 Å². The average molecular weight is 302 g/mol. The van der Waals surface area contributed by atoms with Gasteiger partial charge in [0, 0.05) is 18.0 Å². The van der Waals surface area contributed by atoms with Crippen LogP contribution in [-0.2, 0) is 4.79 Å². The van der Waals surface area contributed by atoms with E-state index in [-0.39, 0.29) is 11.6 Å². The number of aromatic nitrogens is 3. The molecule has 0 aromatic carbocycles. The number of rotatable bonds is 6. The topological polar surface area (TPSA) is 108 Å². The third-order valence-electron chi connectivity index (χ3n) is 3.11. The molecule has 116 valence electrons. The van der Waals surface area contributed by atoms with Crippen molar-refractivity contribution in [3.05, 3.63) is 36.3 Å². The van der Waals surface area contributed by atoms with E-state index in [9.17, 15) is 9.59 Å². The SMILES string of the molecule is CC(C)C[C@H](NC(=O)c1cc(-c2ccncc2)n[nH]1)C(=O)O. The Bertz CT molecular complexity index is 652. The van der Waals surface area contributed by atoms with Crippen LogP contribution in [0.2, 0.25) is 0 Å². The zero-order valence-electron chi connectivity index (χ0n) is 12.4. The van der Waals surface area contributed by atoms with Gasteiger partial charge in [-0.15, -0.1) is 0 Å². The lowest BCUT2D eigenvalue weighted by Crippen LogP contribution is -2.41. The summed E-state index contributed by atoms with van der Waals surface area (Å²) in [7, 11) is 0. The van der Waals surface area contributed by atoms with Crippen molar-refractivity contribution in [3.63, 3.8) is 0 Å². The fourth-order valence-electron chi connectivity index (χ4n) is 2.04. The quantitative estimate of drug-likeness (QED) is 0.752. The van der Waals surface area contributed by atoms with Crippen LogP contribution in [0.4, 0.5) is 0 Å². The van der Waals surface area contributed by atoms with Crippen molar-refractivity contribution in [2.45, 2.75) is 26.3 Å². The molecule has 0 aliphatic rings. The molecule has 0 spiro atoms. The summed E-state index contributed by atoms with van der Waals surface area (Å²) in [4.78, 5) is 27.2. The molecular weight excluding hydrogens is 284 g/mol. The summed E-state index contributed by atoms with van der Waals surface area (Å²) in [6.07, 6.45) is 3.63. The number of nitrogens with zero attached hydrogens (tertiary/aromatic N) is 2. The molecule has 0 saturated heterocycles. The minimum Gasteiger partial charge on any atom is -0.480 e. The first-order valence-corrected chi connectivity index (χ1v) is 6.97. The fraction of sp³-hybridized carbons (Fsp3) is 0.333. The minimum absolute atomic E-state index is 0.163. The van der Waals surface area contributed by atoms with Crippen LogP contribution in [-0.4, -0.2) is 38.2 Å². The number of hydrogen-bond donors (Lipinski definition) is 3. The van der Waals surface area contributed by atoms with Crippen LogP contribution in [0.15, 0.2) is 30.6 Å². The molecule has 0 aliphatic carbocycles. The second-order valence-corrected chi connectivity index (χ2v) is 5.40. The Kier molecular flexibility index (Phi) is 4.88. The van der Waals surface area contributed by atoms with Gasteiger partial charge in [0.05, 0.1) is 5.69 Å². The maximum atomic E-state index is 12.1. The summed E-state index contributed by atoms with van der Waals surface area (Å²) < 4.78 is 0. The highest BCUT2D eigenvalue weighted by molar-refractivity contribution is 5.95. The molecule has 0 fully saturated rings. The standard InChI is InChI=1S/C15H18N4O3/c1-9(2)7-13(15(21)22)17-14(20)12-8-11(18-19-12)10-3-5-16-6-4-10/h3-6,8-9,13H,7H2,1-2H3,(H,17,20)(H,18,19)(H,21,22)/t13-/m0/s1. The van der Waals surface area contributed by atoms with Gasteiger partial charge in [0.1, 0.15) is 11.7 Å². The first kappa shape index (κ1) is 15.7. The van der Waals surface area contributed by atoms with Gasteiger partial charge in [0.2, 0.25) is 0 Å². The van der Waals surface area contributed by atoms with Gasteiger partial charge >= 0.3 is 5.97 Å². The number of hydrogen-bond acceptors (Lipinski definition) is 4. The highest BCUT2D eigenvalue weighted by atomic mass is 16.4. The number of aromatic amines is 1. The van der Waals surface area contributed by atoms with Crippen molar-refractivity contribution in [1.29, 1.82) is 0 Å². The smallest absolute Gasteiger partial charge is 0.326 e. The Hall–Kier alpha value is -2.70. The van der Waals surface area contributed by atoms with Crippen LogP contribution in [0.5, 0.6) is 0 Å². The van der Waals surface area contributed by atoms with Crippen LogP contribution in [0, 0.1) is 5.92 Å². The van der Waals surface area contributed by atoms with E-state index in [4.69, 9.17) is 5.11 Å². The van der Waals surface area contributed by atoms with Crippen molar-refractivity contribution in [2.24, 2.45) is 5.92 Å². The van der Waals surface area contributed by atoms with Crippen LogP contribution in [0.3, 0.4) is 0 Å². The number of H-pyrrole nitrogens is 1. The van der Waals surface area contributed by atoms with Crippen LogP contribution >= 0.6 is 0 Å². The van der Waals surface area contributed by atoms with Gasteiger partial charge in [-0.1, -0.05) is 13.8 Å². The zero-order chi connectivity index (χ0) is 16.1. The molecule has 3 N–H and O–H groups in total. The predicted molar refractivity (Wildman–Crippen MR) is 80.2 cm³/mol. The average Bonchev–Trinajstić information content (AvgIpc) is 2.96. The third kappa shape index (κ3) is 3.91. The lowest BCUT2D eigenvalue weighted by molar-refractivity contribution is -0.139. The predicted octanol–water partition coefficient (Wildman–Crippen LogP) is 1.70. The minimum atomic E-state index is -1.05. The largest absolute Gasteiger partial charge is 0.480 e. The molecule has 1 amide bonds. The maximum absolute atomic E-state index is 12.1. The lowest BCUT2D eigenvalue weighted by Gasteiger charge is -2.15. The third-order valence-corrected chi connectivity index (χ3v) is 3.11. The Morgan fingerprint density at radius 2 is 2.00 bits per heavy atom. The normalized spacial score (nSPS) is 12.1. The molecule has 2 heterocycles. The molecule has 7 nitrogen and oxygen atoms in total. The summed E-state index contributed by atoms with van der Waals surface area (Å²) >= 11 is 0. The summed E-state index contributed by atoms with van der Waals surface area (Å²) in [5.41, 5.74) is 1.65. The molecule has 0 unspecified atom stereocenters. The van der Waals surface area contributed by atoms with E-state index in [0.29, 0.717) is 12.1 Å². The van der Waals surface area contributed by atoms with Gasteiger partial charge in [0.15, 0.2) is 0 Å². The van der Waals surface area contributed by atoms with Crippen LogP contribution in [0.1, 0.15) is 30.8 Å². The van der Waals surface area contributed by atoms with Gasteiger partial charge in [-0.2, -0.15) is 5.10 Å². The van der Waals surface area contributed by atoms with Gasteiger partial charge in [0.25, 0.3) is 5.91 Å². The monoisotopic (exact) mass is 302 g/mol. The second kappa shape index (κ2) is 6.84. The van der Waals surface area contributed by atoms with E-state index < -0.39 is 17.9 Å². The molecule has 22 heavy (non-hydrogen) atoms. The van der Waals surface area contributed by atoms with Crippen LogP contribution < -0.4 is 5.32 Å². The molecule has 2 aromatic heterocycles. The number of carbonyl (C=O) groups is 2. The van der Waals surface area contributed by atoms with Gasteiger partial charge in [-0.3, -0.25) is 14.9 Å². The summed E-state index contributed by atoms with van der Waals surface area (Å²) in [6, 6.07) is 4.21. The fourth-order valence-corrected chi connectivity index (χ4v) is 2.04. The van der Waals surface area contributed by atoms with E-state index in [2.05, 4.69) is 20.5 Å². The second-order valence-electron chi connectivity index (χ2n) is 5.40. The number of carboxylic acids is 1. The van der Waals surface area contributed by atoms with E-state index in [1.54, 1.807) is 30.6 Å². The van der Waals surface area contributed by atoms with Crippen LogP contribution in [0.25, 0.3) is 11.3 Å². The number of carbonyl (C=O) groups excluding carboxylic acids is 1. The van der Waals surface area contributed by atoms with Crippen molar-refractivity contribution in [3.8, 4) is 11.3 Å². The molecule has 0 aliphatic heterocycles. The first-order chi connectivity index (χ1) is 10.5. The van der Waals surface area contributed by atoms with E-state index in [1.807, 2.05) is 13.8 Å². The number of pyridine rings is 1. The number of aliphatic carboxylic acids is 1. The molecule has 1 atom stereocenters. The molecule has 2 rings (SSSR count). The zero-order valence-corrected chi connectivity index (χ0v) is 12.4. The Morgan fingerprint density at radius 1 is 1.32 bits per heavy atom. The van der Waals surface area contributed by atoms with Gasteiger partial charge < -0.3 is 10.4 Å². The first-order valence-electron chi connectivity index (χ1n) is 6.97. The highest BCUT2D eigenvalue weighted by Gasteiger charge is 2.22. The van der Waals surface area contributed by atoms with Gasteiger partial charge in [-0.25, -0.2) is 4.79 Å². The summed E-state index contributed by atoms with van der Waals surface area (Å²) in [5, 5.41) is 18.3. The van der Waals surface area contributed by atoms with E-state index >= 15 is 0 Å². The Morgan fingerprint density at radius 3 is 2.59 bits per heavy atom. The maximum Gasteiger partial charge on any atom is 0.326 e.